The molecular weight excluding hydrogens is 1610 g/mol. The Bertz CT molecular complexity index is 4010. The van der Waals surface area contributed by atoms with Gasteiger partial charge in [0.05, 0.1) is 55.3 Å². The number of methoxy groups -OCH3 is 3. The Balaban J connectivity index is 1.15. The molecule has 0 aliphatic carbocycles. The summed E-state index contributed by atoms with van der Waals surface area (Å²) < 4.78 is 143. The van der Waals surface area contributed by atoms with Crippen LogP contribution in [0.2, 0.25) is 0 Å². The zero-order chi connectivity index (χ0) is 88.0. The summed E-state index contributed by atoms with van der Waals surface area (Å²) >= 11 is 0. The molecule has 38 nitrogen and oxygen atoms in total. The smallest absolute Gasteiger partial charge is 0.338 e. The molecule has 1 N–H and O–H groups in total. The van der Waals surface area contributed by atoms with Crippen LogP contribution in [0.1, 0.15) is 160 Å². The Kier molecular flexibility index (Phi) is 41.3. The molecule has 5 saturated heterocycles. The van der Waals surface area contributed by atoms with Crippen molar-refractivity contribution in [2.45, 2.75) is 272 Å². The van der Waals surface area contributed by atoms with E-state index in [9.17, 15) is 40.9 Å². The highest BCUT2D eigenvalue weighted by molar-refractivity contribution is 5.91. The molecule has 9 rings (SSSR count). The number of benzene rings is 4. The molecule has 0 bridgehead atoms. The number of rotatable bonds is 49. The predicted octanol–water partition coefficient (Wildman–Crippen LogP) is 11.5. The zero-order valence-corrected chi connectivity index (χ0v) is 70.7. The van der Waals surface area contributed by atoms with Gasteiger partial charge in [0.1, 0.15) is 105 Å². The van der Waals surface area contributed by atoms with Crippen LogP contribution in [-0.2, 0) is 114 Å². The average molecular weight is 1730 g/mol. The van der Waals surface area contributed by atoms with Crippen LogP contribution in [0.4, 0.5) is 0 Å². The highest BCUT2D eigenvalue weighted by Crippen LogP contribution is 2.42. The van der Waals surface area contributed by atoms with Gasteiger partial charge >= 0.3 is 35.8 Å². The van der Waals surface area contributed by atoms with Crippen molar-refractivity contribution in [3.63, 3.8) is 0 Å². The van der Waals surface area contributed by atoms with E-state index in [1.54, 1.807) is 84.9 Å². The number of hydrogen-bond acceptors (Lipinski definition) is 32. The van der Waals surface area contributed by atoms with Gasteiger partial charge in [-0.05, 0) is 104 Å². The van der Waals surface area contributed by atoms with Crippen molar-refractivity contribution in [1.82, 2.24) is 0 Å². The molecule has 4 aromatic rings. The summed E-state index contributed by atoms with van der Waals surface area (Å²) in [5.74, 6) is -5.80. The molecule has 0 spiro atoms. The number of aliphatic hydroxyl groups excluding tert-OH is 1. The van der Waals surface area contributed by atoms with Crippen LogP contribution in [0.5, 0.6) is 0 Å². The molecule has 0 amide bonds. The summed E-state index contributed by atoms with van der Waals surface area (Å²) in [7, 11) is 3.42. The molecule has 5 aliphatic rings. The van der Waals surface area contributed by atoms with Gasteiger partial charge in [-0.3, -0.25) is 0 Å². The van der Waals surface area contributed by atoms with Crippen LogP contribution in [0.3, 0.4) is 0 Å². The molecule has 674 valence electrons. The van der Waals surface area contributed by atoms with Crippen LogP contribution in [-0.4, -0.2) is 275 Å². The maximum atomic E-state index is 15.0. The fraction of sp³-hybridized carbons (Fsp3) is 0.647. The van der Waals surface area contributed by atoms with Gasteiger partial charge < -0.3 is 109 Å². The number of esters is 6. The van der Waals surface area contributed by atoms with Gasteiger partial charge in [-0.1, -0.05) is 168 Å². The SMILES string of the molecule is CCCCOC1C(OCCCC)[C@H](O[C@H]2OC(COC(=O)c3ccccc3)[C@@H](OCCCC)C(OCCCC)C2N=[N+]=[N-])C(C(=O)OC)O[C@H]1O[C@@H]1C(CO)O[C@@H](O[C@H]2C(C(=O)OC)O[C@@H](O[C@@H]3C(COC(=O)c4ccccc4)O[C@H](OC)C(N=[N+]=[N-])C3OCCCC)C(OC(=O)c3ccccc3)C2OCCCC)C(N=[N+]=[N-])C1OC(=O)c1ccccc1. The third-order valence-corrected chi connectivity index (χ3v) is 21.0. The normalized spacial score (nSPS) is 29.9. The summed E-state index contributed by atoms with van der Waals surface area (Å²) in [6.07, 6.45) is -30.3. The van der Waals surface area contributed by atoms with Gasteiger partial charge in [0.2, 0.25) is 0 Å². The lowest BCUT2D eigenvalue weighted by Gasteiger charge is -2.51. The summed E-state index contributed by atoms with van der Waals surface area (Å²) in [5.41, 5.74) is 31.9. The minimum atomic E-state index is -2.11. The maximum Gasteiger partial charge on any atom is 0.338 e. The van der Waals surface area contributed by atoms with Crippen LogP contribution >= 0.6 is 0 Å². The van der Waals surface area contributed by atoms with Gasteiger partial charge in [0.25, 0.3) is 0 Å². The second kappa shape index (κ2) is 52.0. The number of nitrogens with zero attached hydrogens (tertiary/aromatic N) is 9. The number of aliphatic hydroxyl groups is 1. The molecule has 0 radical (unpaired) electrons. The van der Waals surface area contributed by atoms with E-state index in [4.69, 9.17) is 104 Å². The largest absolute Gasteiger partial charge is 0.467 e. The lowest BCUT2D eigenvalue weighted by atomic mass is 9.93. The molecular formula is C85H115N9O29. The van der Waals surface area contributed by atoms with Gasteiger partial charge in [-0.25, -0.2) is 28.8 Å². The van der Waals surface area contributed by atoms with Crippen molar-refractivity contribution in [3.8, 4) is 0 Å². The third-order valence-electron chi connectivity index (χ3n) is 21.0. The summed E-state index contributed by atoms with van der Waals surface area (Å²) in [4.78, 5) is 97.0. The number of ether oxygens (including phenoxy) is 22. The summed E-state index contributed by atoms with van der Waals surface area (Å²) in [5, 5.41) is 24.4. The maximum absolute atomic E-state index is 15.0. The summed E-state index contributed by atoms with van der Waals surface area (Å²) in [6.45, 7) is 9.58. The molecule has 38 heteroatoms. The van der Waals surface area contributed by atoms with Crippen molar-refractivity contribution < 1.29 is 138 Å². The van der Waals surface area contributed by atoms with Crippen molar-refractivity contribution in [2.75, 3.05) is 80.8 Å². The number of carbonyl (C=O) groups is 6. The lowest BCUT2D eigenvalue weighted by Crippen LogP contribution is -2.69. The third kappa shape index (κ3) is 26.8. The van der Waals surface area contributed by atoms with Gasteiger partial charge in [0.15, 0.2) is 49.8 Å². The molecule has 123 heavy (non-hydrogen) atoms. The fourth-order valence-corrected chi connectivity index (χ4v) is 14.5. The van der Waals surface area contributed by atoms with Crippen molar-refractivity contribution >= 4 is 35.8 Å². The van der Waals surface area contributed by atoms with Crippen LogP contribution in [0.25, 0.3) is 31.3 Å². The van der Waals surface area contributed by atoms with E-state index in [2.05, 4.69) is 30.1 Å². The number of azide groups is 3. The highest BCUT2D eigenvalue weighted by Gasteiger charge is 2.62. The quantitative estimate of drug-likeness (QED) is 0.0107. The van der Waals surface area contributed by atoms with Crippen LogP contribution < -0.4 is 0 Å². The van der Waals surface area contributed by atoms with Gasteiger partial charge in [-0.2, -0.15) is 0 Å². The van der Waals surface area contributed by atoms with Crippen LogP contribution in [0.15, 0.2) is 137 Å². The fourth-order valence-electron chi connectivity index (χ4n) is 14.5. The van der Waals surface area contributed by atoms with E-state index in [1.807, 2.05) is 41.5 Å². The Labute approximate surface area is 713 Å². The van der Waals surface area contributed by atoms with E-state index in [0.29, 0.717) is 70.6 Å². The van der Waals surface area contributed by atoms with Crippen molar-refractivity contribution in [3.05, 3.63) is 175 Å². The lowest BCUT2D eigenvalue weighted by molar-refractivity contribution is -0.380. The topological polar surface area (TPSA) is 472 Å². The molecule has 5 heterocycles. The molecule has 0 saturated carbocycles. The number of carbonyl (C=O) groups excluding carboxylic acids is 6. The molecule has 0 aromatic heterocycles. The highest BCUT2D eigenvalue weighted by atomic mass is 16.8. The molecule has 4 aromatic carbocycles. The molecule has 15 unspecified atom stereocenters. The summed E-state index contributed by atoms with van der Waals surface area (Å²) in [6, 6.07) is 26.9. The van der Waals surface area contributed by atoms with E-state index in [0.717, 1.165) is 20.6 Å². The first kappa shape index (κ1) is 97.8. The van der Waals surface area contributed by atoms with Gasteiger partial charge in [0, 0.05) is 61.5 Å². The van der Waals surface area contributed by atoms with E-state index in [-0.39, 0.29) is 61.9 Å². The van der Waals surface area contributed by atoms with E-state index < -0.39 is 209 Å². The first-order valence-electron chi connectivity index (χ1n) is 42.0. The molecule has 25 atom stereocenters. The van der Waals surface area contributed by atoms with E-state index >= 15 is 9.59 Å². The second-order valence-corrected chi connectivity index (χ2v) is 29.5. The minimum absolute atomic E-state index is 0.00280. The Morgan fingerprint density at radius 2 is 0.642 bits per heavy atom. The second-order valence-electron chi connectivity index (χ2n) is 29.5. The molecule has 5 fully saturated rings. The first-order valence-corrected chi connectivity index (χ1v) is 42.0. The zero-order valence-electron chi connectivity index (χ0n) is 70.7. The number of hydrogen-bond donors (Lipinski definition) is 1. The average Bonchev–Trinajstić information content (AvgIpc) is 0.752. The Morgan fingerprint density at radius 1 is 0.341 bits per heavy atom. The Morgan fingerprint density at radius 3 is 1.02 bits per heavy atom. The van der Waals surface area contributed by atoms with Crippen molar-refractivity contribution in [1.29, 1.82) is 0 Å². The standard InChI is InChI=1S/C85H115N9O29/c1-10-16-42-105-61-56(49-111-75(96)51-34-26-22-27-35-51)115-82(59(90-93-87)64(61)106-43-17-11-2)120-69-67(108-45-19-13-4)73(110-47-21-15-6)84(122-71(69)79(100)102-7)118-62-55(48-95)113-83(60(91-94-88)66(62)116-77(98)53-38-30-24-31-39-53)121-70-68(109-46-20-14-5)74(117-78(99)54-40-32-25-33-41-54)85(123-72(70)80(101)103-8)119-63-57(50-112-76(97)52-36-28-23-29-37-52)114-81(104-9)58(89-92-86)65(63)107-44-18-12-3/h22-41,55-74,81-85,95H,10-21,42-50H2,1-9H3/t55?,56?,57?,58?,59?,60?,61-,62-,63-,64?,65?,66?,67?,68?,69+,70-,71?,72?,73?,74?,81+,82-,83+,84-,85-/m1/s1. The number of unbranched alkanes of at least 4 members (excludes halogenated alkanes) is 6. The molecule has 5 aliphatic heterocycles. The minimum Gasteiger partial charge on any atom is -0.467 e. The predicted molar refractivity (Wildman–Crippen MR) is 432 cm³/mol. The van der Waals surface area contributed by atoms with Gasteiger partial charge in [-0.15, -0.1) is 0 Å². The van der Waals surface area contributed by atoms with Crippen molar-refractivity contribution in [2.24, 2.45) is 15.3 Å². The monoisotopic (exact) mass is 1730 g/mol. The Hall–Kier alpha value is -9.05. The van der Waals surface area contributed by atoms with Crippen LogP contribution in [0, 0.1) is 0 Å². The first-order chi connectivity index (χ1) is 60.0. The van der Waals surface area contributed by atoms with E-state index in [1.165, 1.54) is 43.5 Å².